The number of phenolic OH excluding ortho intramolecular Hbond substituents is 1. The van der Waals surface area contributed by atoms with Gasteiger partial charge in [0.05, 0.1) is 7.11 Å². The second-order valence-corrected chi connectivity index (χ2v) is 9.50. The zero-order valence-electron chi connectivity index (χ0n) is 20.0. The highest BCUT2D eigenvalue weighted by molar-refractivity contribution is 5.80. The molecule has 2 atom stereocenters. The second-order valence-electron chi connectivity index (χ2n) is 9.50. The fourth-order valence-corrected chi connectivity index (χ4v) is 5.24. The third-order valence-electron chi connectivity index (χ3n) is 7.10. The van der Waals surface area contributed by atoms with E-state index in [9.17, 15) is 5.11 Å². The molecule has 0 aliphatic heterocycles. The van der Waals surface area contributed by atoms with E-state index in [2.05, 4.69) is 85.8 Å². The molecule has 3 aromatic carbocycles. The molecule has 0 amide bonds. The van der Waals surface area contributed by atoms with E-state index >= 15 is 0 Å². The first kappa shape index (κ1) is 22.3. The van der Waals surface area contributed by atoms with Crippen molar-refractivity contribution in [3.05, 3.63) is 108 Å². The maximum absolute atomic E-state index is 10.6. The fraction of sp³-hybridized carbons (Fsp3) is 0.250. The molecule has 0 aromatic heterocycles. The van der Waals surface area contributed by atoms with Crippen LogP contribution in [0.4, 0.5) is 0 Å². The summed E-state index contributed by atoms with van der Waals surface area (Å²) in [4.78, 5) is 0. The highest BCUT2D eigenvalue weighted by Crippen LogP contribution is 2.42. The summed E-state index contributed by atoms with van der Waals surface area (Å²) in [6.45, 7) is 2.22. The van der Waals surface area contributed by atoms with Gasteiger partial charge in [0.25, 0.3) is 0 Å². The molecule has 0 spiro atoms. The van der Waals surface area contributed by atoms with Crippen molar-refractivity contribution in [2.45, 2.75) is 38.5 Å². The normalized spacial score (nSPS) is 19.9. The number of methoxy groups -OCH3 is 1. The number of hydrogen-bond donors (Lipinski definition) is 1. The lowest BCUT2D eigenvalue weighted by Crippen LogP contribution is -2.06. The molecule has 2 aliphatic carbocycles. The number of rotatable bonds is 5. The van der Waals surface area contributed by atoms with Gasteiger partial charge in [0, 0.05) is 11.1 Å². The fourth-order valence-electron chi connectivity index (χ4n) is 5.24. The maximum Gasteiger partial charge on any atom is 0.126 e. The molecule has 2 nitrogen and oxygen atoms in total. The van der Waals surface area contributed by atoms with Crippen LogP contribution in [0.25, 0.3) is 22.3 Å². The predicted octanol–water partition coefficient (Wildman–Crippen LogP) is 8.40. The van der Waals surface area contributed by atoms with Crippen LogP contribution in [0.5, 0.6) is 11.5 Å². The average molecular weight is 449 g/mol. The first-order valence-electron chi connectivity index (χ1n) is 12.3. The van der Waals surface area contributed by atoms with Crippen molar-refractivity contribution in [2.24, 2.45) is 5.92 Å². The van der Waals surface area contributed by atoms with Crippen LogP contribution < -0.4 is 4.74 Å². The monoisotopic (exact) mass is 448 g/mol. The summed E-state index contributed by atoms with van der Waals surface area (Å²) < 4.78 is 5.67. The van der Waals surface area contributed by atoms with Crippen molar-refractivity contribution in [3.63, 3.8) is 0 Å². The van der Waals surface area contributed by atoms with Gasteiger partial charge >= 0.3 is 0 Å². The zero-order chi connectivity index (χ0) is 23.5. The number of ether oxygens (including phenoxy) is 1. The summed E-state index contributed by atoms with van der Waals surface area (Å²) in [6.07, 6.45) is 13.3. The van der Waals surface area contributed by atoms with E-state index in [1.165, 1.54) is 22.3 Å². The Morgan fingerprint density at radius 2 is 1.76 bits per heavy atom. The molecule has 2 heteroatoms. The number of phenols is 1. The molecule has 34 heavy (non-hydrogen) atoms. The summed E-state index contributed by atoms with van der Waals surface area (Å²) in [7, 11) is 1.73. The van der Waals surface area contributed by atoms with Crippen LogP contribution in [-0.2, 0) is 0 Å². The molecule has 2 unspecified atom stereocenters. The van der Waals surface area contributed by atoms with Crippen molar-refractivity contribution < 1.29 is 9.84 Å². The maximum atomic E-state index is 10.6. The number of hydrogen-bond acceptors (Lipinski definition) is 2. The predicted molar refractivity (Wildman–Crippen MR) is 142 cm³/mol. The van der Waals surface area contributed by atoms with Gasteiger partial charge in [0.15, 0.2) is 0 Å². The Bertz CT molecular complexity index is 1260. The molecule has 0 fully saturated rings. The molecule has 0 saturated heterocycles. The van der Waals surface area contributed by atoms with Gasteiger partial charge in [-0.05, 0) is 89.6 Å². The lowest BCUT2D eigenvalue weighted by atomic mass is 9.80. The minimum Gasteiger partial charge on any atom is -0.507 e. The van der Waals surface area contributed by atoms with E-state index in [0.29, 0.717) is 17.6 Å². The van der Waals surface area contributed by atoms with Crippen molar-refractivity contribution >= 4 is 11.1 Å². The minimum absolute atomic E-state index is 0.364. The van der Waals surface area contributed by atoms with Crippen molar-refractivity contribution in [3.8, 4) is 22.6 Å². The highest BCUT2D eigenvalue weighted by atomic mass is 16.5. The van der Waals surface area contributed by atoms with Gasteiger partial charge in [0.1, 0.15) is 11.5 Å². The van der Waals surface area contributed by atoms with Crippen LogP contribution in [-0.4, -0.2) is 12.2 Å². The van der Waals surface area contributed by atoms with Crippen LogP contribution in [0.1, 0.15) is 55.2 Å². The third kappa shape index (κ3) is 4.59. The largest absolute Gasteiger partial charge is 0.507 e. The Kier molecular flexibility index (Phi) is 6.40. The molecule has 0 saturated carbocycles. The number of aromatic hydroxyl groups is 1. The van der Waals surface area contributed by atoms with Crippen molar-refractivity contribution in [1.82, 2.24) is 0 Å². The first-order chi connectivity index (χ1) is 16.6. The quantitative estimate of drug-likeness (QED) is 0.424. The summed E-state index contributed by atoms with van der Waals surface area (Å²) in [5.74, 6) is 2.20. The van der Waals surface area contributed by atoms with E-state index in [-0.39, 0.29) is 0 Å². The molecule has 0 radical (unpaired) electrons. The van der Waals surface area contributed by atoms with E-state index in [0.717, 1.165) is 48.1 Å². The molecule has 3 aromatic rings. The Balaban J connectivity index is 1.44. The van der Waals surface area contributed by atoms with Crippen molar-refractivity contribution in [1.29, 1.82) is 0 Å². The second kappa shape index (κ2) is 9.77. The van der Waals surface area contributed by atoms with Gasteiger partial charge < -0.3 is 9.84 Å². The van der Waals surface area contributed by atoms with Gasteiger partial charge in [-0.1, -0.05) is 73.7 Å². The molecule has 1 N–H and O–H groups in total. The summed E-state index contributed by atoms with van der Waals surface area (Å²) >= 11 is 0. The lowest BCUT2D eigenvalue weighted by Gasteiger charge is -2.25. The lowest BCUT2D eigenvalue weighted by molar-refractivity contribution is 0.416. The highest BCUT2D eigenvalue weighted by Gasteiger charge is 2.21. The molecule has 0 heterocycles. The molecule has 172 valence electrons. The smallest absolute Gasteiger partial charge is 0.126 e. The van der Waals surface area contributed by atoms with Crippen LogP contribution >= 0.6 is 0 Å². The molecule has 2 aliphatic rings. The summed E-state index contributed by atoms with van der Waals surface area (Å²) in [5.41, 5.74) is 8.33. The Hall–Kier alpha value is -3.52. The topological polar surface area (TPSA) is 29.5 Å². The molecular formula is C32H32O2. The van der Waals surface area contributed by atoms with Crippen LogP contribution in [0.15, 0.2) is 91.0 Å². The van der Waals surface area contributed by atoms with E-state index < -0.39 is 0 Å². The third-order valence-corrected chi connectivity index (χ3v) is 7.10. The number of benzene rings is 3. The van der Waals surface area contributed by atoms with Gasteiger partial charge in [0.2, 0.25) is 0 Å². The Labute approximate surface area is 202 Å². The van der Waals surface area contributed by atoms with E-state index in [1.54, 1.807) is 7.11 Å². The van der Waals surface area contributed by atoms with Gasteiger partial charge in [-0.3, -0.25) is 0 Å². The van der Waals surface area contributed by atoms with E-state index in [1.807, 2.05) is 12.1 Å². The zero-order valence-corrected chi connectivity index (χ0v) is 20.0. The van der Waals surface area contributed by atoms with Crippen LogP contribution in [0.2, 0.25) is 0 Å². The molecular weight excluding hydrogens is 416 g/mol. The molecule has 0 bridgehead atoms. The van der Waals surface area contributed by atoms with Crippen LogP contribution in [0.3, 0.4) is 0 Å². The Morgan fingerprint density at radius 3 is 2.56 bits per heavy atom. The summed E-state index contributed by atoms with van der Waals surface area (Å²) in [5, 5.41) is 10.6. The SMILES string of the molecule is COc1ccc(C2=CCCC(c3ccc(O)c(C4=CC(C)CC=C4)c3)C2)cc1-c1ccccc1. The first-order valence-corrected chi connectivity index (χ1v) is 12.3. The summed E-state index contributed by atoms with van der Waals surface area (Å²) in [6, 6.07) is 23.2. The minimum atomic E-state index is 0.364. The molecule has 5 rings (SSSR count). The standard InChI is InChI=1S/C32H32O2/c1-22-8-6-13-28(18-22)29-20-26(14-16-31(29)33)24-11-7-12-25(19-24)27-15-17-32(34-2)30(21-27)23-9-4-3-5-10-23/h3-6,9-10,12-18,20-22,24,33H,7-8,11,19H2,1-2H3. The van der Waals surface area contributed by atoms with Crippen LogP contribution in [0, 0.1) is 5.92 Å². The van der Waals surface area contributed by atoms with Gasteiger partial charge in [-0.15, -0.1) is 0 Å². The average Bonchev–Trinajstić information content (AvgIpc) is 2.89. The van der Waals surface area contributed by atoms with Gasteiger partial charge in [-0.25, -0.2) is 0 Å². The van der Waals surface area contributed by atoms with Gasteiger partial charge in [-0.2, -0.15) is 0 Å². The van der Waals surface area contributed by atoms with E-state index in [4.69, 9.17) is 4.74 Å². The number of allylic oxidation sites excluding steroid dienone is 6. The van der Waals surface area contributed by atoms with Crippen molar-refractivity contribution in [2.75, 3.05) is 7.11 Å². The Morgan fingerprint density at radius 1 is 0.912 bits per heavy atom.